The topological polar surface area (TPSA) is 21.3 Å². The van der Waals surface area contributed by atoms with Crippen LogP contribution < -0.4 is 10.1 Å². The highest BCUT2D eigenvalue weighted by Gasteiger charge is 2.10. The number of likely N-dealkylation sites (N-methyl/N-ethyl adjacent to an activating group) is 1. The Morgan fingerprint density at radius 1 is 1.36 bits per heavy atom. The maximum Gasteiger partial charge on any atom is 0.168 e. The fourth-order valence-corrected chi connectivity index (χ4v) is 1.21. The lowest BCUT2D eigenvalue weighted by molar-refractivity contribution is 0.380. The molecule has 1 rings (SSSR count). The van der Waals surface area contributed by atoms with Crippen LogP contribution in [0.3, 0.4) is 0 Å². The van der Waals surface area contributed by atoms with Gasteiger partial charge < -0.3 is 10.1 Å². The van der Waals surface area contributed by atoms with Gasteiger partial charge in [0.1, 0.15) is 5.82 Å². The Labute approximate surface area is 81.9 Å². The molecule has 1 aromatic rings. The summed E-state index contributed by atoms with van der Waals surface area (Å²) in [5, 5.41) is 2.87. The van der Waals surface area contributed by atoms with Crippen molar-refractivity contribution in [1.29, 1.82) is 0 Å². The third-order valence-electron chi connectivity index (χ3n) is 1.94. The molecule has 0 heterocycles. The van der Waals surface area contributed by atoms with E-state index < -0.39 is 11.6 Å². The zero-order valence-corrected chi connectivity index (χ0v) is 8.23. The Hall–Kier alpha value is -1.16. The number of hydrogen-bond donors (Lipinski definition) is 1. The molecule has 1 aromatic carbocycles. The predicted octanol–water partition coefficient (Wildman–Crippen LogP) is 1.74. The Morgan fingerprint density at radius 3 is 2.64 bits per heavy atom. The van der Waals surface area contributed by atoms with Gasteiger partial charge >= 0.3 is 0 Å². The van der Waals surface area contributed by atoms with E-state index >= 15 is 0 Å². The lowest BCUT2D eigenvalue weighted by Crippen LogP contribution is -2.11. The first-order valence-corrected chi connectivity index (χ1v) is 4.35. The molecule has 14 heavy (non-hydrogen) atoms. The SMILES string of the molecule is CNCCc1cc(F)cc(OC)c1F. The van der Waals surface area contributed by atoms with Crippen LogP contribution in [0.1, 0.15) is 5.56 Å². The van der Waals surface area contributed by atoms with Crippen molar-refractivity contribution in [3.8, 4) is 5.75 Å². The van der Waals surface area contributed by atoms with Gasteiger partial charge in [0.05, 0.1) is 7.11 Å². The first-order valence-electron chi connectivity index (χ1n) is 4.35. The van der Waals surface area contributed by atoms with Crippen LogP contribution >= 0.6 is 0 Å². The van der Waals surface area contributed by atoms with Crippen LogP contribution in [0, 0.1) is 11.6 Å². The number of halogens is 2. The second-order valence-corrected chi connectivity index (χ2v) is 2.93. The maximum atomic E-state index is 13.5. The first-order chi connectivity index (χ1) is 6.69. The molecule has 0 bridgehead atoms. The van der Waals surface area contributed by atoms with Crippen molar-refractivity contribution in [1.82, 2.24) is 5.32 Å². The summed E-state index contributed by atoms with van der Waals surface area (Å²) in [5.74, 6) is -1.00. The summed E-state index contributed by atoms with van der Waals surface area (Å²) in [5.41, 5.74) is 0.330. The van der Waals surface area contributed by atoms with Gasteiger partial charge in [0, 0.05) is 6.07 Å². The minimum atomic E-state index is -0.482. The summed E-state index contributed by atoms with van der Waals surface area (Å²) >= 11 is 0. The van der Waals surface area contributed by atoms with Crippen molar-refractivity contribution < 1.29 is 13.5 Å². The molecule has 0 spiro atoms. The van der Waals surface area contributed by atoms with Crippen LogP contribution in [0.4, 0.5) is 8.78 Å². The molecule has 0 aliphatic heterocycles. The third-order valence-corrected chi connectivity index (χ3v) is 1.94. The van der Waals surface area contributed by atoms with Gasteiger partial charge in [0.25, 0.3) is 0 Å². The first kappa shape index (κ1) is 10.9. The van der Waals surface area contributed by atoms with Gasteiger partial charge in [-0.1, -0.05) is 0 Å². The van der Waals surface area contributed by atoms with Crippen molar-refractivity contribution in [2.45, 2.75) is 6.42 Å². The number of rotatable bonds is 4. The standard InChI is InChI=1S/C10H13F2NO/c1-13-4-3-7-5-8(11)6-9(14-2)10(7)12/h5-6,13H,3-4H2,1-2H3. The molecule has 2 nitrogen and oxygen atoms in total. The fourth-order valence-electron chi connectivity index (χ4n) is 1.21. The Kier molecular flexibility index (Phi) is 3.83. The van der Waals surface area contributed by atoms with Crippen LogP contribution in [-0.2, 0) is 6.42 Å². The smallest absolute Gasteiger partial charge is 0.168 e. The van der Waals surface area contributed by atoms with E-state index in [1.807, 2.05) is 0 Å². The number of ether oxygens (including phenoxy) is 1. The largest absolute Gasteiger partial charge is 0.494 e. The Morgan fingerprint density at radius 2 is 2.07 bits per heavy atom. The van der Waals surface area contributed by atoms with Crippen molar-refractivity contribution in [2.75, 3.05) is 20.7 Å². The summed E-state index contributed by atoms with van der Waals surface area (Å²) in [4.78, 5) is 0. The highest BCUT2D eigenvalue weighted by molar-refractivity contribution is 5.32. The van der Waals surface area contributed by atoms with Crippen LogP contribution in [0.2, 0.25) is 0 Å². The molecule has 78 valence electrons. The van der Waals surface area contributed by atoms with E-state index in [-0.39, 0.29) is 5.75 Å². The van der Waals surface area contributed by atoms with Gasteiger partial charge in [-0.3, -0.25) is 0 Å². The molecule has 0 amide bonds. The molecule has 0 aliphatic rings. The predicted molar refractivity (Wildman–Crippen MR) is 50.5 cm³/mol. The Bertz CT molecular complexity index is 315. The van der Waals surface area contributed by atoms with Gasteiger partial charge in [0.2, 0.25) is 0 Å². The van der Waals surface area contributed by atoms with Crippen LogP contribution in [0.15, 0.2) is 12.1 Å². The van der Waals surface area contributed by atoms with Gasteiger partial charge in [0.15, 0.2) is 11.6 Å². The summed E-state index contributed by atoms with van der Waals surface area (Å²) in [6, 6.07) is 2.23. The molecule has 0 fully saturated rings. The minimum absolute atomic E-state index is 0.0453. The molecule has 0 unspecified atom stereocenters. The molecule has 0 saturated carbocycles. The average Bonchev–Trinajstić information content (AvgIpc) is 2.18. The quantitative estimate of drug-likeness (QED) is 0.801. The second-order valence-electron chi connectivity index (χ2n) is 2.93. The van der Waals surface area contributed by atoms with Crippen molar-refractivity contribution >= 4 is 0 Å². The van der Waals surface area contributed by atoms with E-state index in [0.717, 1.165) is 6.07 Å². The van der Waals surface area contributed by atoms with Crippen molar-refractivity contribution in [2.24, 2.45) is 0 Å². The molecular formula is C10H13F2NO. The van der Waals surface area contributed by atoms with E-state index in [0.29, 0.717) is 18.5 Å². The average molecular weight is 201 g/mol. The number of benzene rings is 1. The zero-order chi connectivity index (χ0) is 10.6. The van der Waals surface area contributed by atoms with E-state index in [1.54, 1.807) is 7.05 Å². The fraction of sp³-hybridized carbons (Fsp3) is 0.400. The lowest BCUT2D eigenvalue weighted by Gasteiger charge is -2.07. The molecule has 0 atom stereocenters. The van der Waals surface area contributed by atoms with Gasteiger partial charge in [-0.25, -0.2) is 8.78 Å². The van der Waals surface area contributed by atoms with E-state index in [2.05, 4.69) is 5.32 Å². The van der Waals surface area contributed by atoms with Crippen LogP contribution in [0.25, 0.3) is 0 Å². The molecule has 0 aromatic heterocycles. The van der Waals surface area contributed by atoms with Gasteiger partial charge in [-0.05, 0) is 31.6 Å². The van der Waals surface area contributed by atoms with E-state index in [9.17, 15) is 8.78 Å². The number of nitrogens with one attached hydrogen (secondary N) is 1. The molecule has 0 aliphatic carbocycles. The molecule has 0 radical (unpaired) electrons. The van der Waals surface area contributed by atoms with Crippen molar-refractivity contribution in [3.63, 3.8) is 0 Å². The second kappa shape index (κ2) is 4.91. The molecule has 1 N–H and O–H groups in total. The van der Waals surface area contributed by atoms with E-state index in [1.165, 1.54) is 13.2 Å². The summed E-state index contributed by atoms with van der Waals surface area (Å²) in [7, 11) is 3.08. The van der Waals surface area contributed by atoms with E-state index in [4.69, 9.17) is 4.74 Å². The normalized spacial score (nSPS) is 10.3. The number of methoxy groups -OCH3 is 1. The third kappa shape index (κ3) is 2.42. The summed E-state index contributed by atoms with van der Waals surface area (Å²) in [6.07, 6.45) is 0.441. The van der Waals surface area contributed by atoms with Crippen molar-refractivity contribution in [3.05, 3.63) is 29.3 Å². The molecule has 4 heteroatoms. The minimum Gasteiger partial charge on any atom is -0.494 e. The molecule has 0 saturated heterocycles. The summed E-state index contributed by atoms with van der Waals surface area (Å²) < 4.78 is 31.1. The van der Waals surface area contributed by atoms with Crippen LogP contribution in [0.5, 0.6) is 5.75 Å². The lowest BCUT2D eigenvalue weighted by atomic mass is 10.1. The highest BCUT2D eigenvalue weighted by Crippen LogP contribution is 2.22. The van der Waals surface area contributed by atoms with Gasteiger partial charge in [-0.15, -0.1) is 0 Å². The van der Waals surface area contributed by atoms with Crippen LogP contribution in [-0.4, -0.2) is 20.7 Å². The maximum absolute atomic E-state index is 13.5. The number of hydrogen-bond acceptors (Lipinski definition) is 2. The summed E-state index contributed by atoms with van der Waals surface area (Å²) in [6.45, 7) is 0.601. The molecular weight excluding hydrogens is 188 g/mol. The Balaban J connectivity index is 2.96. The highest BCUT2D eigenvalue weighted by atomic mass is 19.1. The zero-order valence-electron chi connectivity index (χ0n) is 8.23. The monoisotopic (exact) mass is 201 g/mol. The van der Waals surface area contributed by atoms with Gasteiger partial charge in [-0.2, -0.15) is 0 Å².